The van der Waals surface area contributed by atoms with Crippen LogP contribution >= 0.6 is 0 Å². The van der Waals surface area contributed by atoms with Crippen molar-refractivity contribution in [3.63, 3.8) is 0 Å². The molecule has 1 heterocycles. The van der Waals surface area contributed by atoms with E-state index in [0.29, 0.717) is 11.1 Å². The fourth-order valence-electron chi connectivity index (χ4n) is 7.81. The third-order valence-corrected chi connectivity index (χ3v) is 9.04. The molecule has 0 atom stereocenters. The van der Waals surface area contributed by atoms with Gasteiger partial charge in [-0.3, -0.25) is 4.79 Å². The molecule has 5 nitrogen and oxygen atoms in total. The molecule has 0 aliphatic heterocycles. The van der Waals surface area contributed by atoms with Gasteiger partial charge in [0.05, 0.1) is 0 Å². The van der Waals surface area contributed by atoms with Gasteiger partial charge in [-0.05, 0) is 135 Å². The number of phenols is 1. The zero-order valence-corrected chi connectivity index (χ0v) is 21.5. The van der Waals surface area contributed by atoms with Crippen molar-refractivity contribution in [2.24, 2.45) is 17.8 Å². The number of carbonyl (C=O) groups is 1. The normalized spacial score (nSPS) is 26.2. The summed E-state index contributed by atoms with van der Waals surface area (Å²) >= 11 is 0. The van der Waals surface area contributed by atoms with Crippen molar-refractivity contribution in [3.05, 3.63) is 82.7 Å². The first-order chi connectivity index (χ1) is 17.8. The Hall–Kier alpha value is -3.78. The minimum atomic E-state index is -0.474. The fourth-order valence-corrected chi connectivity index (χ4v) is 7.81. The highest BCUT2D eigenvalue weighted by Gasteiger charge is 2.51. The largest absolute Gasteiger partial charge is 0.508 e. The maximum Gasteiger partial charge on any atom is 0.266 e. The molecule has 37 heavy (non-hydrogen) atoms. The molecule has 4 saturated carbocycles. The summed E-state index contributed by atoms with van der Waals surface area (Å²) in [5, 5.41) is 21.9. The molecule has 3 aromatic rings. The van der Waals surface area contributed by atoms with E-state index in [-0.39, 0.29) is 11.3 Å². The van der Waals surface area contributed by atoms with Crippen molar-refractivity contribution in [1.82, 2.24) is 4.57 Å². The summed E-state index contributed by atoms with van der Waals surface area (Å²) < 4.78 is 2.20. The van der Waals surface area contributed by atoms with Gasteiger partial charge in [0.15, 0.2) is 0 Å². The average molecular weight is 492 g/mol. The molecule has 2 N–H and O–H groups in total. The smallest absolute Gasteiger partial charge is 0.266 e. The summed E-state index contributed by atoms with van der Waals surface area (Å²) in [5.74, 6) is 2.42. The lowest BCUT2D eigenvalue weighted by molar-refractivity contribution is -0.112. The number of aromatic nitrogens is 1. The van der Waals surface area contributed by atoms with Crippen molar-refractivity contribution in [2.45, 2.75) is 57.8 Å². The number of carbonyl (C=O) groups excluding carboxylic acids is 1. The number of amides is 1. The van der Waals surface area contributed by atoms with E-state index in [4.69, 9.17) is 0 Å². The van der Waals surface area contributed by atoms with E-state index < -0.39 is 5.91 Å². The van der Waals surface area contributed by atoms with Crippen LogP contribution in [0.4, 0.5) is 5.69 Å². The molecule has 5 heteroatoms. The highest BCUT2D eigenvalue weighted by Crippen LogP contribution is 2.60. The molecule has 188 valence electrons. The first-order valence-electron chi connectivity index (χ1n) is 13.4. The van der Waals surface area contributed by atoms with Gasteiger partial charge in [0.2, 0.25) is 0 Å². The fraction of sp³-hybridized carbons (Fsp3) is 0.375. The van der Waals surface area contributed by atoms with Gasteiger partial charge < -0.3 is 15.0 Å². The Balaban J connectivity index is 1.25. The van der Waals surface area contributed by atoms with Gasteiger partial charge in [-0.1, -0.05) is 12.1 Å². The molecule has 0 radical (unpaired) electrons. The Morgan fingerprint density at radius 1 is 1.00 bits per heavy atom. The van der Waals surface area contributed by atoms with E-state index >= 15 is 0 Å². The van der Waals surface area contributed by atoms with Crippen molar-refractivity contribution in [2.75, 3.05) is 5.32 Å². The molecule has 0 unspecified atom stereocenters. The average Bonchev–Trinajstić information content (AvgIpc) is 3.15. The number of phenolic OH excluding ortho intramolecular Hbond substituents is 1. The van der Waals surface area contributed by atoms with Crippen LogP contribution in [0.25, 0.3) is 11.8 Å². The van der Waals surface area contributed by atoms with Crippen molar-refractivity contribution in [3.8, 4) is 17.5 Å². The molecule has 4 aliphatic carbocycles. The van der Waals surface area contributed by atoms with Gasteiger partial charge in [-0.2, -0.15) is 5.26 Å². The highest BCUT2D eigenvalue weighted by atomic mass is 16.3. The van der Waals surface area contributed by atoms with Crippen LogP contribution in [0.2, 0.25) is 0 Å². The summed E-state index contributed by atoms with van der Waals surface area (Å²) in [6, 6.07) is 19.4. The van der Waals surface area contributed by atoms with E-state index in [9.17, 15) is 15.2 Å². The van der Waals surface area contributed by atoms with Gasteiger partial charge in [0.1, 0.15) is 17.4 Å². The Bertz CT molecular complexity index is 1390. The van der Waals surface area contributed by atoms with E-state index in [2.05, 4.69) is 41.1 Å². The van der Waals surface area contributed by atoms with Crippen LogP contribution in [-0.2, 0) is 10.2 Å². The van der Waals surface area contributed by atoms with E-state index in [1.54, 1.807) is 18.2 Å². The predicted octanol–water partition coefficient (Wildman–Crippen LogP) is 6.81. The van der Waals surface area contributed by atoms with Gasteiger partial charge >= 0.3 is 0 Å². The second-order valence-electron chi connectivity index (χ2n) is 11.6. The minimum Gasteiger partial charge on any atom is -0.508 e. The Morgan fingerprint density at radius 3 is 2.16 bits per heavy atom. The van der Waals surface area contributed by atoms with Crippen LogP contribution in [0.15, 0.2) is 60.2 Å². The number of rotatable bonds is 5. The van der Waals surface area contributed by atoms with Crippen LogP contribution in [0.5, 0.6) is 5.75 Å². The third-order valence-electron chi connectivity index (χ3n) is 9.04. The lowest BCUT2D eigenvalue weighted by atomic mass is 9.48. The number of nitrogens with zero attached hydrogens (tertiary/aromatic N) is 2. The second kappa shape index (κ2) is 8.95. The van der Waals surface area contributed by atoms with Crippen molar-refractivity contribution >= 4 is 17.7 Å². The summed E-state index contributed by atoms with van der Waals surface area (Å²) in [6.07, 6.45) is 10.1. The van der Waals surface area contributed by atoms with Crippen LogP contribution in [0.1, 0.15) is 61.0 Å². The van der Waals surface area contributed by atoms with Gasteiger partial charge in [0.25, 0.3) is 5.91 Å². The number of anilines is 1. The van der Waals surface area contributed by atoms with Crippen LogP contribution in [-0.4, -0.2) is 15.6 Å². The molecule has 7 rings (SSSR count). The van der Waals surface area contributed by atoms with Gasteiger partial charge in [0, 0.05) is 22.8 Å². The number of aryl methyl sites for hydroxylation is 1. The van der Waals surface area contributed by atoms with E-state index in [0.717, 1.165) is 40.4 Å². The van der Waals surface area contributed by atoms with E-state index in [1.807, 2.05) is 19.1 Å². The Kier molecular flexibility index (Phi) is 5.71. The molecule has 4 fully saturated rings. The predicted molar refractivity (Wildman–Crippen MR) is 145 cm³/mol. The quantitative estimate of drug-likeness (QED) is 0.234. The maximum absolute atomic E-state index is 12.7. The first-order valence-corrected chi connectivity index (χ1v) is 13.4. The third kappa shape index (κ3) is 4.25. The number of benzene rings is 2. The number of aromatic hydroxyl groups is 1. The molecule has 1 amide bonds. The van der Waals surface area contributed by atoms with Gasteiger partial charge in [-0.15, -0.1) is 0 Å². The SMILES string of the molecule is Cc1cc(C=C(C#N)C(=O)Nc2ccc(O)cc2)c(C)n1-c1ccc(C23CC4CC(CC(C4)C2)C3)cc1. The number of hydrogen-bond acceptors (Lipinski definition) is 3. The van der Waals surface area contributed by atoms with E-state index in [1.165, 1.54) is 56.2 Å². The van der Waals surface area contributed by atoms with Crippen LogP contribution in [0.3, 0.4) is 0 Å². The lowest BCUT2D eigenvalue weighted by Gasteiger charge is -2.57. The molecule has 2 aromatic carbocycles. The molecule has 0 saturated heterocycles. The summed E-state index contributed by atoms with van der Waals surface area (Å²) in [4.78, 5) is 12.7. The molecule has 0 spiro atoms. The zero-order valence-electron chi connectivity index (χ0n) is 21.5. The summed E-state index contributed by atoms with van der Waals surface area (Å²) in [5.41, 5.74) is 6.45. The maximum atomic E-state index is 12.7. The zero-order chi connectivity index (χ0) is 25.7. The van der Waals surface area contributed by atoms with Crippen molar-refractivity contribution in [1.29, 1.82) is 5.26 Å². The first kappa shape index (κ1) is 23.6. The van der Waals surface area contributed by atoms with Gasteiger partial charge in [-0.25, -0.2) is 0 Å². The Labute approximate surface area is 218 Å². The monoisotopic (exact) mass is 491 g/mol. The summed E-state index contributed by atoms with van der Waals surface area (Å²) in [7, 11) is 0. The standard InChI is InChI=1S/C32H33N3O2/c1-20-11-25(15-26(19-33)31(37)34-28-5-9-30(36)10-6-28)21(2)35(20)29-7-3-27(4-8-29)32-16-22-12-23(17-32)14-24(13-22)18-32/h3-11,15,22-24,36H,12-14,16-18H2,1-2H3,(H,34,37). The van der Waals surface area contributed by atoms with Crippen LogP contribution in [0, 0.1) is 42.9 Å². The lowest BCUT2D eigenvalue weighted by Crippen LogP contribution is -2.48. The molecular formula is C32H33N3O2. The second-order valence-corrected chi connectivity index (χ2v) is 11.6. The topological polar surface area (TPSA) is 78.1 Å². The number of nitriles is 1. The van der Waals surface area contributed by atoms with Crippen molar-refractivity contribution < 1.29 is 9.90 Å². The van der Waals surface area contributed by atoms with Crippen LogP contribution < -0.4 is 5.32 Å². The summed E-state index contributed by atoms with van der Waals surface area (Å²) in [6.45, 7) is 4.08. The Morgan fingerprint density at radius 2 is 1.59 bits per heavy atom. The molecule has 1 aromatic heterocycles. The number of hydrogen-bond donors (Lipinski definition) is 2. The molecule has 4 bridgehead atoms. The minimum absolute atomic E-state index is 0.0329. The molecule has 4 aliphatic rings. The molecular weight excluding hydrogens is 458 g/mol. The highest BCUT2D eigenvalue weighted by molar-refractivity contribution is 6.09. The number of nitrogens with one attached hydrogen (secondary N) is 1.